The largest absolute Gasteiger partial charge is 0.462 e. The Bertz CT molecular complexity index is 859. The van der Waals surface area contributed by atoms with Crippen LogP contribution in [0.1, 0.15) is 20.8 Å². The highest BCUT2D eigenvalue weighted by atomic mass is 35.5. The Morgan fingerprint density at radius 2 is 1.71 bits per heavy atom. The number of nitrogens with zero attached hydrogens (tertiary/aromatic N) is 3. The van der Waals surface area contributed by atoms with Gasteiger partial charge >= 0.3 is 11.9 Å². The third-order valence-electron chi connectivity index (χ3n) is 4.16. The topological polar surface area (TPSA) is 71.4 Å². The molecule has 0 radical (unpaired) electrons. The summed E-state index contributed by atoms with van der Waals surface area (Å²) in [6, 6.07) is 7.13. The molecule has 1 aromatic carbocycles. The molecule has 28 heavy (non-hydrogen) atoms. The molecule has 2 aliphatic rings. The van der Waals surface area contributed by atoms with Crippen LogP contribution in [0.15, 0.2) is 40.0 Å². The summed E-state index contributed by atoms with van der Waals surface area (Å²) in [4.78, 5) is 27.2. The molecular formula is C18H20ClN3O4S2. The predicted octanol–water partition coefficient (Wildman–Crippen LogP) is 3.85. The zero-order chi connectivity index (χ0) is 20.5. The second kappa shape index (κ2) is 8.26. The molecule has 2 heterocycles. The Labute approximate surface area is 177 Å². The molecule has 1 spiro atoms. The molecule has 10 heteroatoms. The number of hydrogen-bond donors (Lipinski definition) is 0. The van der Waals surface area contributed by atoms with Crippen molar-refractivity contribution < 1.29 is 19.1 Å². The van der Waals surface area contributed by atoms with Crippen molar-refractivity contribution in [2.75, 3.05) is 25.3 Å². The first-order valence-corrected chi connectivity index (χ1v) is 10.7. The second-order valence-electron chi connectivity index (χ2n) is 5.86. The van der Waals surface area contributed by atoms with Gasteiger partial charge in [-0.2, -0.15) is 5.10 Å². The lowest BCUT2D eigenvalue weighted by Crippen LogP contribution is -2.47. The number of allylic oxidation sites excluding steroid dienone is 1. The van der Waals surface area contributed by atoms with E-state index in [0.717, 1.165) is 11.4 Å². The first-order chi connectivity index (χ1) is 13.3. The number of ether oxygens (including phenoxy) is 2. The number of rotatable bonds is 5. The third kappa shape index (κ3) is 3.58. The summed E-state index contributed by atoms with van der Waals surface area (Å²) in [5.41, 5.74) is 1.48. The van der Waals surface area contributed by atoms with Crippen LogP contribution in [0.5, 0.6) is 0 Å². The van der Waals surface area contributed by atoms with E-state index in [1.165, 1.54) is 23.5 Å². The van der Waals surface area contributed by atoms with Crippen LogP contribution in [-0.4, -0.2) is 46.5 Å². The Hall–Kier alpha value is -1.84. The normalized spacial score (nSPS) is 21.4. The maximum absolute atomic E-state index is 12.4. The Morgan fingerprint density at radius 1 is 1.11 bits per heavy atom. The average Bonchev–Trinajstić information content (AvgIpc) is 3.17. The van der Waals surface area contributed by atoms with Crippen LogP contribution in [0.4, 0.5) is 5.69 Å². The van der Waals surface area contributed by atoms with E-state index in [-0.39, 0.29) is 18.3 Å². The number of thioether (sulfide) groups is 2. The Kier molecular flexibility index (Phi) is 6.16. The first kappa shape index (κ1) is 20.9. The monoisotopic (exact) mass is 441 g/mol. The van der Waals surface area contributed by atoms with E-state index >= 15 is 0 Å². The van der Waals surface area contributed by atoms with Crippen molar-refractivity contribution in [3.05, 3.63) is 39.9 Å². The lowest BCUT2D eigenvalue weighted by Gasteiger charge is -2.39. The number of hydrazone groups is 1. The van der Waals surface area contributed by atoms with Crippen LogP contribution in [0.3, 0.4) is 0 Å². The van der Waals surface area contributed by atoms with E-state index in [1.54, 1.807) is 31.0 Å². The summed E-state index contributed by atoms with van der Waals surface area (Å²) in [5, 5.41) is 7.04. The molecule has 150 valence electrons. The van der Waals surface area contributed by atoms with Gasteiger partial charge in [0, 0.05) is 17.8 Å². The molecule has 0 bridgehead atoms. The SMILES string of the molecule is CCOC(=O)C1=NN(c2ccc(Cl)cc2)[C@@]2(S1)SC(C(=O)OCC)=C(C)N2C. The molecule has 2 aliphatic heterocycles. The highest BCUT2D eigenvalue weighted by molar-refractivity contribution is 8.28. The van der Waals surface area contributed by atoms with Crippen molar-refractivity contribution >= 4 is 57.8 Å². The van der Waals surface area contributed by atoms with Crippen LogP contribution < -0.4 is 5.01 Å². The maximum Gasteiger partial charge on any atom is 0.365 e. The number of anilines is 1. The number of halogens is 1. The molecule has 0 saturated heterocycles. The fourth-order valence-corrected chi connectivity index (χ4v) is 5.72. The summed E-state index contributed by atoms with van der Waals surface area (Å²) < 4.78 is 9.45. The van der Waals surface area contributed by atoms with Gasteiger partial charge in [-0.1, -0.05) is 23.4 Å². The lowest BCUT2D eigenvalue weighted by atomic mass is 10.3. The number of esters is 2. The summed E-state index contributed by atoms with van der Waals surface area (Å²) in [6.45, 7) is 5.88. The van der Waals surface area contributed by atoms with Gasteiger partial charge in [0.2, 0.25) is 9.37 Å². The van der Waals surface area contributed by atoms with E-state index in [4.69, 9.17) is 21.1 Å². The van der Waals surface area contributed by atoms with Gasteiger partial charge in [-0.15, -0.1) is 0 Å². The van der Waals surface area contributed by atoms with E-state index in [9.17, 15) is 9.59 Å². The van der Waals surface area contributed by atoms with Crippen molar-refractivity contribution in [1.29, 1.82) is 0 Å². The second-order valence-corrected chi connectivity index (χ2v) is 8.90. The smallest absolute Gasteiger partial charge is 0.365 e. The van der Waals surface area contributed by atoms with Crippen molar-refractivity contribution in [3.8, 4) is 0 Å². The van der Waals surface area contributed by atoms with E-state index in [0.29, 0.717) is 9.93 Å². The lowest BCUT2D eigenvalue weighted by molar-refractivity contribution is -0.137. The minimum absolute atomic E-state index is 0.217. The molecule has 1 atom stereocenters. The van der Waals surface area contributed by atoms with Crippen LogP contribution in [0.2, 0.25) is 5.02 Å². The number of hydrogen-bond acceptors (Lipinski definition) is 9. The average molecular weight is 442 g/mol. The molecule has 0 saturated carbocycles. The molecule has 0 aromatic heterocycles. The third-order valence-corrected chi connectivity index (χ3v) is 7.45. The van der Waals surface area contributed by atoms with E-state index in [1.807, 2.05) is 31.0 Å². The van der Waals surface area contributed by atoms with Gasteiger partial charge in [0.05, 0.1) is 18.9 Å². The quantitative estimate of drug-likeness (QED) is 0.638. The Morgan fingerprint density at radius 3 is 2.32 bits per heavy atom. The fourth-order valence-electron chi connectivity index (χ4n) is 2.72. The van der Waals surface area contributed by atoms with Gasteiger partial charge in [-0.25, -0.2) is 14.6 Å². The highest BCUT2D eigenvalue weighted by Crippen LogP contribution is 2.58. The molecule has 7 nitrogen and oxygen atoms in total. The summed E-state index contributed by atoms with van der Waals surface area (Å²) in [7, 11) is 1.86. The molecular weight excluding hydrogens is 422 g/mol. The van der Waals surface area contributed by atoms with Gasteiger partial charge in [-0.05, 0) is 56.8 Å². The minimum atomic E-state index is -0.887. The molecule has 0 aliphatic carbocycles. The van der Waals surface area contributed by atoms with Gasteiger partial charge < -0.3 is 14.4 Å². The van der Waals surface area contributed by atoms with Crippen molar-refractivity contribution in [3.63, 3.8) is 0 Å². The summed E-state index contributed by atoms with van der Waals surface area (Å²) >= 11 is 8.55. The maximum atomic E-state index is 12.4. The molecule has 0 amide bonds. The van der Waals surface area contributed by atoms with Gasteiger partial charge in [-0.3, -0.25) is 0 Å². The zero-order valence-electron chi connectivity index (χ0n) is 15.9. The summed E-state index contributed by atoms with van der Waals surface area (Å²) in [6.07, 6.45) is 0. The van der Waals surface area contributed by atoms with Crippen molar-refractivity contribution in [1.82, 2.24) is 4.90 Å². The van der Waals surface area contributed by atoms with Crippen molar-refractivity contribution in [2.24, 2.45) is 5.10 Å². The van der Waals surface area contributed by atoms with Crippen molar-refractivity contribution in [2.45, 2.75) is 25.1 Å². The first-order valence-electron chi connectivity index (χ1n) is 8.65. The van der Waals surface area contributed by atoms with Crippen LogP contribution in [0.25, 0.3) is 0 Å². The van der Waals surface area contributed by atoms with Gasteiger partial charge in [0.15, 0.2) is 0 Å². The summed E-state index contributed by atoms with van der Waals surface area (Å²) in [5.74, 6) is -0.894. The fraction of sp³-hybridized carbons (Fsp3) is 0.389. The van der Waals surface area contributed by atoms with E-state index in [2.05, 4.69) is 5.10 Å². The van der Waals surface area contributed by atoms with Crippen LogP contribution in [0, 0.1) is 0 Å². The Balaban J connectivity index is 2.02. The number of carbonyl (C=O) groups is 2. The highest BCUT2D eigenvalue weighted by Gasteiger charge is 2.56. The van der Waals surface area contributed by atoms with Gasteiger partial charge in [0.25, 0.3) is 0 Å². The number of benzene rings is 1. The standard InChI is InChI=1S/C18H20ClN3O4S2/c1-5-25-16(23)14-11(3)21(4)18(27-14)22(13-9-7-12(19)8-10-13)20-15(28-18)17(24)26-6-2/h7-10H,5-6H2,1-4H3/t18-/m1/s1. The minimum Gasteiger partial charge on any atom is -0.462 e. The zero-order valence-corrected chi connectivity index (χ0v) is 18.3. The van der Waals surface area contributed by atoms with E-state index < -0.39 is 16.3 Å². The molecule has 0 fully saturated rings. The van der Waals surface area contributed by atoms with Crippen LogP contribution in [-0.2, 0) is 19.1 Å². The molecule has 0 N–H and O–H groups in total. The molecule has 1 aromatic rings. The predicted molar refractivity (Wildman–Crippen MR) is 113 cm³/mol. The van der Waals surface area contributed by atoms with Crippen LogP contribution >= 0.6 is 35.1 Å². The molecule has 3 rings (SSSR count). The number of carbonyl (C=O) groups excluding carboxylic acids is 2. The molecule has 0 unspecified atom stereocenters. The van der Waals surface area contributed by atoms with Gasteiger partial charge in [0.1, 0.15) is 4.91 Å².